The molecule has 1 amide bonds. The molecule has 1 fully saturated rings. The molecule has 0 saturated heterocycles. The van der Waals surface area contributed by atoms with Crippen molar-refractivity contribution in [2.45, 2.75) is 19.4 Å². The van der Waals surface area contributed by atoms with Gasteiger partial charge in [0, 0.05) is 18.1 Å². The van der Waals surface area contributed by atoms with E-state index in [2.05, 4.69) is 10.3 Å². The van der Waals surface area contributed by atoms with Gasteiger partial charge in [-0.2, -0.15) is 0 Å². The third-order valence-corrected chi connectivity index (χ3v) is 4.20. The van der Waals surface area contributed by atoms with E-state index in [4.69, 9.17) is 18.0 Å². The summed E-state index contributed by atoms with van der Waals surface area (Å²) >= 11 is 4.98. The van der Waals surface area contributed by atoms with Gasteiger partial charge < -0.3 is 11.1 Å². The number of carbonyl (C=O) groups is 1. The van der Waals surface area contributed by atoms with Crippen LogP contribution in [0.2, 0.25) is 0 Å². The summed E-state index contributed by atoms with van der Waals surface area (Å²) < 4.78 is 0. The van der Waals surface area contributed by atoms with Gasteiger partial charge in [-0.15, -0.1) is 0 Å². The van der Waals surface area contributed by atoms with Gasteiger partial charge in [-0.1, -0.05) is 36.5 Å². The molecule has 1 aliphatic carbocycles. The normalized spacial score (nSPS) is 15.8. The zero-order chi connectivity index (χ0) is 14.2. The molecule has 1 heterocycles. The predicted molar refractivity (Wildman–Crippen MR) is 82.0 cm³/mol. The molecule has 5 heteroatoms. The number of thiocarbonyl (C=S) groups is 1. The van der Waals surface area contributed by atoms with Gasteiger partial charge in [0.2, 0.25) is 5.91 Å². The number of nitrogens with one attached hydrogen (secondary N) is 1. The molecule has 0 unspecified atom stereocenters. The maximum atomic E-state index is 12.2. The molecule has 102 valence electrons. The number of hydrogen-bond donors (Lipinski definition) is 2. The molecule has 0 spiro atoms. The number of para-hydroxylation sites is 1. The minimum absolute atomic E-state index is 0.0714. The highest BCUT2D eigenvalue weighted by Crippen LogP contribution is 2.46. The van der Waals surface area contributed by atoms with Crippen LogP contribution in [-0.2, 0) is 11.3 Å². The van der Waals surface area contributed by atoms with E-state index in [0.717, 1.165) is 29.3 Å². The second-order valence-corrected chi connectivity index (χ2v) is 5.56. The van der Waals surface area contributed by atoms with Crippen LogP contribution in [0.1, 0.15) is 18.4 Å². The zero-order valence-electron chi connectivity index (χ0n) is 10.9. The van der Waals surface area contributed by atoms with Crippen LogP contribution < -0.4 is 11.1 Å². The zero-order valence-corrected chi connectivity index (χ0v) is 11.7. The van der Waals surface area contributed by atoms with Gasteiger partial charge in [-0.05, 0) is 24.5 Å². The number of rotatable bonds is 4. The average molecular weight is 285 g/mol. The van der Waals surface area contributed by atoms with Gasteiger partial charge in [-0.3, -0.25) is 9.78 Å². The van der Waals surface area contributed by atoms with Crippen LogP contribution >= 0.6 is 12.2 Å². The molecule has 3 N–H and O–H groups in total. The van der Waals surface area contributed by atoms with Crippen LogP contribution in [0.4, 0.5) is 0 Å². The first kappa shape index (κ1) is 13.0. The third-order valence-electron chi connectivity index (χ3n) is 3.81. The fourth-order valence-electron chi connectivity index (χ4n) is 2.37. The van der Waals surface area contributed by atoms with Crippen LogP contribution in [0.25, 0.3) is 10.9 Å². The predicted octanol–water partition coefficient (Wildman–Crippen LogP) is 1.92. The summed E-state index contributed by atoms with van der Waals surface area (Å²) in [6, 6.07) is 9.84. The van der Waals surface area contributed by atoms with Gasteiger partial charge in [0.15, 0.2) is 0 Å². The van der Waals surface area contributed by atoms with Crippen molar-refractivity contribution < 1.29 is 4.79 Å². The Morgan fingerprint density at radius 1 is 1.35 bits per heavy atom. The average Bonchev–Trinajstić information content (AvgIpc) is 3.26. The summed E-state index contributed by atoms with van der Waals surface area (Å²) in [5.41, 5.74) is 6.96. The van der Waals surface area contributed by atoms with Crippen LogP contribution in [-0.4, -0.2) is 15.9 Å². The van der Waals surface area contributed by atoms with Gasteiger partial charge >= 0.3 is 0 Å². The minimum atomic E-state index is -0.604. The second kappa shape index (κ2) is 4.83. The van der Waals surface area contributed by atoms with Crippen molar-refractivity contribution in [1.29, 1.82) is 0 Å². The summed E-state index contributed by atoms with van der Waals surface area (Å²) in [6.07, 6.45) is 3.26. The fraction of sp³-hybridized carbons (Fsp3) is 0.267. The highest BCUT2D eigenvalue weighted by Gasteiger charge is 2.52. The van der Waals surface area contributed by atoms with Crippen LogP contribution in [0.3, 0.4) is 0 Å². The van der Waals surface area contributed by atoms with Crippen LogP contribution in [0.15, 0.2) is 36.5 Å². The SMILES string of the molecule is NC(=S)C1(C(=O)NCc2cccc3cccnc23)CC1. The summed E-state index contributed by atoms with van der Waals surface area (Å²) in [6.45, 7) is 0.442. The molecule has 1 aromatic heterocycles. The number of carbonyl (C=O) groups excluding carboxylic acids is 1. The molecule has 4 nitrogen and oxygen atoms in total. The molecule has 1 saturated carbocycles. The Morgan fingerprint density at radius 3 is 2.80 bits per heavy atom. The monoisotopic (exact) mass is 285 g/mol. The number of nitrogens with two attached hydrogens (primary N) is 1. The number of aromatic nitrogens is 1. The van der Waals surface area contributed by atoms with E-state index >= 15 is 0 Å². The lowest BCUT2D eigenvalue weighted by atomic mass is 10.1. The Hall–Kier alpha value is -2.01. The number of benzene rings is 1. The van der Waals surface area contributed by atoms with Gasteiger partial charge in [0.05, 0.1) is 15.9 Å². The largest absolute Gasteiger partial charge is 0.392 e. The molecule has 1 aromatic carbocycles. The standard InChI is InChI=1S/C15H15N3OS/c16-13(20)15(6-7-15)14(19)18-9-11-4-1-3-10-5-2-8-17-12(10)11/h1-5,8H,6-7,9H2,(H2,16,20)(H,18,19). The molecule has 0 radical (unpaired) electrons. The molecular weight excluding hydrogens is 270 g/mol. The molecule has 20 heavy (non-hydrogen) atoms. The van der Waals surface area contributed by atoms with Gasteiger partial charge in [0.25, 0.3) is 0 Å². The number of hydrogen-bond acceptors (Lipinski definition) is 3. The van der Waals surface area contributed by atoms with Gasteiger partial charge in [-0.25, -0.2) is 0 Å². The smallest absolute Gasteiger partial charge is 0.233 e. The van der Waals surface area contributed by atoms with E-state index in [9.17, 15) is 4.79 Å². The fourth-order valence-corrected chi connectivity index (χ4v) is 2.66. The Bertz CT molecular complexity index is 689. The lowest BCUT2D eigenvalue weighted by Crippen LogP contribution is -2.39. The van der Waals surface area contributed by atoms with Crippen molar-refractivity contribution in [3.63, 3.8) is 0 Å². The number of fused-ring (bicyclic) bond motifs is 1. The van der Waals surface area contributed by atoms with Crippen LogP contribution in [0, 0.1) is 5.41 Å². The number of amides is 1. The van der Waals surface area contributed by atoms with E-state index in [-0.39, 0.29) is 5.91 Å². The Balaban J connectivity index is 1.78. The quantitative estimate of drug-likeness (QED) is 0.842. The lowest BCUT2D eigenvalue weighted by molar-refractivity contribution is -0.124. The Morgan fingerprint density at radius 2 is 2.10 bits per heavy atom. The van der Waals surface area contributed by atoms with E-state index in [1.165, 1.54) is 0 Å². The van der Waals surface area contributed by atoms with Crippen molar-refractivity contribution in [1.82, 2.24) is 10.3 Å². The molecule has 0 bridgehead atoms. The third kappa shape index (κ3) is 2.14. The first-order valence-electron chi connectivity index (χ1n) is 6.54. The van der Waals surface area contributed by atoms with Crippen molar-refractivity contribution in [3.8, 4) is 0 Å². The van der Waals surface area contributed by atoms with Crippen LogP contribution in [0.5, 0.6) is 0 Å². The molecule has 0 atom stereocenters. The molecule has 1 aliphatic rings. The van der Waals surface area contributed by atoms with E-state index in [1.54, 1.807) is 6.20 Å². The first-order chi connectivity index (χ1) is 9.63. The molecule has 3 rings (SSSR count). The van der Waals surface area contributed by atoms with Crippen molar-refractivity contribution in [2.75, 3.05) is 0 Å². The molecule has 0 aliphatic heterocycles. The highest BCUT2D eigenvalue weighted by molar-refractivity contribution is 7.80. The van der Waals surface area contributed by atoms with Crippen molar-refractivity contribution in [2.24, 2.45) is 11.1 Å². The van der Waals surface area contributed by atoms with E-state index in [1.807, 2.05) is 30.3 Å². The number of pyridine rings is 1. The highest BCUT2D eigenvalue weighted by atomic mass is 32.1. The number of nitrogens with zero attached hydrogens (tertiary/aromatic N) is 1. The maximum absolute atomic E-state index is 12.2. The Labute approximate surface area is 122 Å². The van der Waals surface area contributed by atoms with Crippen molar-refractivity contribution in [3.05, 3.63) is 42.1 Å². The van der Waals surface area contributed by atoms with E-state index in [0.29, 0.717) is 11.5 Å². The summed E-state index contributed by atoms with van der Waals surface area (Å²) in [7, 11) is 0. The van der Waals surface area contributed by atoms with E-state index < -0.39 is 5.41 Å². The summed E-state index contributed by atoms with van der Waals surface area (Å²) in [4.78, 5) is 16.8. The van der Waals surface area contributed by atoms with Crippen molar-refractivity contribution >= 4 is 34.0 Å². The Kier molecular flexibility index (Phi) is 3.14. The molecule has 2 aromatic rings. The summed E-state index contributed by atoms with van der Waals surface area (Å²) in [5.74, 6) is -0.0714. The maximum Gasteiger partial charge on any atom is 0.233 e. The minimum Gasteiger partial charge on any atom is -0.392 e. The topological polar surface area (TPSA) is 68.0 Å². The first-order valence-corrected chi connectivity index (χ1v) is 6.95. The second-order valence-electron chi connectivity index (χ2n) is 5.12. The lowest BCUT2D eigenvalue weighted by Gasteiger charge is -2.14. The summed E-state index contributed by atoms with van der Waals surface area (Å²) in [5, 5.41) is 3.99. The molecular formula is C15H15N3OS. The van der Waals surface area contributed by atoms with Gasteiger partial charge in [0.1, 0.15) is 0 Å².